The van der Waals surface area contributed by atoms with Gasteiger partial charge >= 0.3 is 0 Å². The van der Waals surface area contributed by atoms with Crippen molar-refractivity contribution < 1.29 is 4.79 Å². The lowest BCUT2D eigenvalue weighted by Gasteiger charge is -2.18. The van der Waals surface area contributed by atoms with Crippen LogP contribution in [0.25, 0.3) is 11.0 Å². The molecule has 0 saturated carbocycles. The predicted octanol–water partition coefficient (Wildman–Crippen LogP) is 2.82. The van der Waals surface area contributed by atoms with Crippen molar-refractivity contribution in [3.63, 3.8) is 0 Å². The summed E-state index contributed by atoms with van der Waals surface area (Å²) in [4.78, 5) is 24.9. The van der Waals surface area contributed by atoms with Crippen molar-refractivity contribution in [3.05, 3.63) is 72.1 Å². The first-order chi connectivity index (χ1) is 10.8. The molecule has 2 aromatic rings. The number of hydrogen-bond acceptors (Lipinski definition) is 3. The number of aliphatic imine (C=N–C) groups is 1. The topological polar surface area (TPSA) is 55.2 Å². The maximum atomic E-state index is 12.2. The second-order valence-corrected chi connectivity index (χ2v) is 5.36. The van der Waals surface area contributed by atoms with E-state index in [0.29, 0.717) is 6.42 Å². The Morgan fingerprint density at radius 3 is 2.82 bits per heavy atom. The number of aromatic nitrogens is 2. The summed E-state index contributed by atoms with van der Waals surface area (Å²) in [6.07, 6.45) is 13.8. The molecule has 0 radical (unpaired) electrons. The molecule has 4 nitrogen and oxygen atoms in total. The average Bonchev–Trinajstić information content (AvgIpc) is 2.55. The van der Waals surface area contributed by atoms with Gasteiger partial charge in [0, 0.05) is 30.3 Å². The average molecular weight is 287 g/mol. The Hall–Kier alpha value is -2.88. The first kappa shape index (κ1) is 12.8. The molecule has 0 bridgehead atoms. The third-order valence-corrected chi connectivity index (χ3v) is 3.85. The number of carbonyl (C=O) groups is 1. The lowest BCUT2D eigenvalue weighted by molar-refractivity contribution is -0.114. The molecule has 1 unspecified atom stereocenters. The first-order valence-corrected chi connectivity index (χ1v) is 7.18. The highest BCUT2D eigenvalue weighted by Gasteiger charge is 2.22. The van der Waals surface area contributed by atoms with E-state index in [-0.39, 0.29) is 11.8 Å². The van der Waals surface area contributed by atoms with Gasteiger partial charge in [-0.05, 0) is 23.8 Å². The highest BCUT2D eigenvalue weighted by Crippen LogP contribution is 2.23. The number of hydrogen-bond donors (Lipinski definition) is 0. The Kier molecular flexibility index (Phi) is 3.00. The number of nitrogens with zero attached hydrogens (tertiary/aromatic N) is 3. The second kappa shape index (κ2) is 5.15. The number of dihydropyridines is 1. The van der Waals surface area contributed by atoms with Crippen LogP contribution in [-0.2, 0) is 11.2 Å². The molecule has 4 heteroatoms. The standard InChI is InChI=1S/C18H13N3O/c22-18-14(11-13-3-1-2-4-15(13)21-18)9-12-5-6-16-17(10-12)20-8-7-19-16/h1-8,10-11,13H,9H2. The molecule has 4 rings (SSSR count). The minimum Gasteiger partial charge on any atom is -0.267 e. The van der Waals surface area contributed by atoms with E-state index in [0.717, 1.165) is 27.9 Å². The molecular formula is C18H13N3O. The fourth-order valence-corrected chi connectivity index (χ4v) is 2.75. The van der Waals surface area contributed by atoms with Crippen LogP contribution in [0.15, 0.2) is 71.5 Å². The molecule has 2 aliphatic rings. The van der Waals surface area contributed by atoms with Crippen LogP contribution in [0.3, 0.4) is 0 Å². The first-order valence-electron chi connectivity index (χ1n) is 7.18. The van der Waals surface area contributed by atoms with E-state index in [1.807, 2.05) is 42.5 Å². The van der Waals surface area contributed by atoms with Gasteiger partial charge in [-0.3, -0.25) is 14.8 Å². The van der Waals surface area contributed by atoms with Crippen molar-refractivity contribution in [1.82, 2.24) is 9.97 Å². The van der Waals surface area contributed by atoms with Crippen molar-refractivity contribution in [2.75, 3.05) is 0 Å². The van der Waals surface area contributed by atoms with Crippen LogP contribution in [-0.4, -0.2) is 21.6 Å². The normalized spacial score (nSPS) is 19.8. The molecule has 0 fully saturated rings. The number of carbonyl (C=O) groups excluding carboxylic acids is 1. The zero-order valence-electron chi connectivity index (χ0n) is 11.8. The molecule has 1 aliphatic heterocycles. The minimum absolute atomic E-state index is 0.109. The fourth-order valence-electron chi connectivity index (χ4n) is 2.75. The highest BCUT2D eigenvalue weighted by molar-refractivity contribution is 6.13. The van der Waals surface area contributed by atoms with Crippen molar-refractivity contribution in [2.24, 2.45) is 10.9 Å². The van der Waals surface area contributed by atoms with Crippen molar-refractivity contribution in [2.45, 2.75) is 6.42 Å². The molecule has 0 saturated heterocycles. The monoisotopic (exact) mass is 287 g/mol. The summed E-state index contributed by atoms with van der Waals surface area (Å²) in [7, 11) is 0. The van der Waals surface area contributed by atoms with Crippen molar-refractivity contribution in [1.29, 1.82) is 0 Å². The van der Waals surface area contributed by atoms with Crippen molar-refractivity contribution in [3.8, 4) is 0 Å². The van der Waals surface area contributed by atoms with E-state index in [4.69, 9.17) is 0 Å². The summed E-state index contributed by atoms with van der Waals surface area (Å²) in [6, 6.07) is 5.90. The SMILES string of the molecule is O=C1N=C2C=CC=CC2C=C1Cc1ccc2nccnc2c1. The molecular weight excluding hydrogens is 274 g/mol. The van der Waals surface area contributed by atoms with Gasteiger partial charge in [-0.15, -0.1) is 0 Å². The summed E-state index contributed by atoms with van der Waals surface area (Å²) in [6.45, 7) is 0. The fraction of sp³-hybridized carbons (Fsp3) is 0.111. The number of benzene rings is 1. The van der Waals surface area contributed by atoms with Crippen LogP contribution >= 0.6 is 0 Å². The van der Waals surface area contributed by atoms with Crippen LogP contribution in [0.2, 0.25) is 0 Å². The van der Waals surface area contributed by atoms with E-state index in [9.17, 15) is 4.79 Å². The summed E-state index contributed by atoms with van der Waals surface area (Å²) >= 11 is 0. The molecule has 1 aliphatic carbocycles. The van der Waals surface area contributed by atoms with Gasteiger partial charge in [0.1, 0.15) is 0 Å². The van der Waals surface area contributed by atoms with E-state index in [1.165, 1.54) is 0 Å². The van der Waals surface area contributed by atoms with Gasteiger partial charge in [-0.2, -0.15) is 0 Å². The summed E-state index contributed by atoms with van der Waals surface area (Å²) in [5, 5.41) is 0. The van der Waals surface area contributed by atoms with Gasteiger partial charge < -0.3 is 0 Å². The van der Waals surface area contributed by atoms with Gasteiger partial charge in [0.2, 0.25) is 0 Å². The van der Waals surface area contributed by atoms with Gasteiger partial charge in [0.15, 0.2) is 0 Å². The van der Waals surface area contributed by atoms with Gasteiger partial charge in [0.05, 0.1) is 16.7 Å². The van der Waals surface area contributed by atoms with Crippen molar-refractivity contribution >= 4 is 22.7 Å². The molecule has 1 aromatic heterocycles. The lowest BCUT2D eigenvalue weighted by Crippen LogP contribution is -2.20. The highest BCUT2D eigenvalue weighted by atomic mass is 16.1. The molecule has 22 heavy (non-hydrogen) atoms. The third kappa shape index (κ3) is 2.29. The number of allylic oxidation sites excluding steroid dienone is 5. The third-order valence-electron chi connectivity index (χ3n) is 3.85. The van der Waals surface area contributed by atoms with Crippen LogP contribution in [0.1, 0.15) is 5.56 Å². The molecule has 2 heterocycles. The molecule has 106 valence electrons. The minimum atomic E-state index is -0.148. The van der Waals surface area contributed by atoms with Crippen LogP contribution in [0.5, 0.6) is 0 Å². The van der Waals surface area contributed by atoms with E-state index < -0.39 is 0 Å². The molecule has 1 amide bonds. The molecule has 1 atom stereocenters. The molecule has 0 N–H and O–H groups in total. The smallest absolute Gasteiger partial charge is 0.267 e. The second-order valence-electron chi connectivity index (χ2n) is 5.36. The van der Waals surface area contributed by atoms with Gasteiger partial charge in [0.25, 0.3) is 5.91 Å². The Morgan fingerprint density at radius 2 is 1.91 bits per heavy atom. The summed E-state index contributed by atoms with van der Waals surface area (Å²) in [5.41, 5.74) is 4.29. The van der Waals surface area contributed by atoms with Crippen LogP contribution in [0.4, 0.5) is 0 Å². The molecule has 1 aromatic carbocycles. The Morgan fingerprint density at radius 1 is 1.05 bits per heavy atom. The lowest BCUT2D eigenvalue weighted by atomic mass is 9.90. The zero-order valence-corrected chi connectivity index (χ0v) is 11.8. The Bertz CT molecular complexity index is 890. The maximum Gasteiger partial charge on any atom is 0.273 e. The van der Waals surface area contributed by atoms with E-state index >= 15 is 0 Å². The Labute approximate surface area is 127 Å². The number of amides is 1. The number of rotatable bonds is 2. The molecule has 0 spiro atoms. The van der Waals surface area contributed by atoms with Gasteiger partial charge in [-0.1, -0.05) is 30.4 Å². The van der Waals surface area contributed by atoms with Crippen LogP contribution < -0.4 is 0 Å². The van der Waals surface area contributed by atoms with Gasteiger partial charge in [-0.25, -0.2) is 4.99 Å². The Balaban J connectivity index is 1.65. The number of fused-ring (bicyclic) bond motifs is 2. The maximum absolute atomic E-state index is 12.2. The van der Waals surface area contributed by atoms with E-state index in [1.54, 1.807) is 12.4 Å². The largest absolute Gasteiger partial charge is 0.273 e. The predicted molar refractivity (Wildman–Crippen MR) is 85.5 cm³/mol. The quantitative estimate of drug-likeness (QED) is 0.853. The summed E-state index contributed by atoms with van der Waals surface area (Å²) in [5.74, 6) is -0.0385. The van der Waals surface area contributed by atoms with E-state index in [2.05, 4.69) is 21.0 Å². The zero-order chi connectivity index (χ0) is 14.9. The summed E-state index contributed by atoms with van der Waals surface area (Å²) < 4.78 is 0. The van der Waals surface area contributed by atoms with Crippen LogP contribution in [0, 0.1) is 5.92 Å².